The summed E-state index contributed by atoms with van der Waals surface area (Å²) in [7, 11) is 0. The van der Waals surface area contributed by atoms with Crippen molar-refractivity contribution in [2.45, 2.75) is 19.8 Å². The molecule has 3 rings (SSSR count). The highest BCUT2D eigenvalue weighted by Crippen LogP contribution is 2.24. The average molecular weight is 341 g/mol. The van der Waals surface area contributed by atoms with Crippen LogP contribution in [0.3, 0.4) is 0 Å². The molecule has 3 aromatic rings. The molecule has 0 spiro atoms. The largest absolute Gasteiger partial charge is 0.484 e. The third kappa shape index (κ3) is 4.02. The van der Waals surface area contributed by atoms with Crippen molar-refractivity contribution in [3.05, 3.63) is 54.1 Å². The van der Waals surface area contributed by atoms with Crippen LogP contribution in [0.15, 0.2) is 48.5 Å². The van der Waals surface area contributed by atoms with Crippen molar-refractivity contribution >= 4 is 32.6 Å². The van der Waals surface area contributed by atoms with Crippen molar-refractivity contribution in [1.29, 1.82) is 0 Å². The van der Waals surface area contributed by atoms with E-state index < -0.39 is 0 Å². The highest BCUT2D eigenvalue weighted by molar-refractivity contribution is 7.22. The van der Waals surface area contributed by atoms with Gasteiger partial charge in [0, 0.05) is 0 Å². The molecule has 1 heterocycles. The van der Waals surface area contributed by atoms with Crippen molar-refractivity contribution in [3.63, 3.8) is 0 Å². The lowest BCUT2D eigenvalue weighted by Crippen LogP contribution is -2.33. The Kier molecular flexibility index (Phi) is 4.96. The maximum atomic E-state index is 11.9. The first-order valence-corrected chi connectivity index (χ1v) is 8.56. The van der Waals surface area contributed by atoms with E-state index in [1.165, 1.54) is 16.9 Å². The van der Waals surface area contributed by atoms with E-state index in [9.17, 15) is 4.79 Å². The molecule has 0 aliphatic carbocycles. The first kappa shape index (κ1) is 16.3. The molecular formula is C18H19N3O2S. The van der Waals surface area contributed by atoms with Crippen LogP contribution >= 0.6 is 11.3 Å². The molecule has 124 valence electrons. The van der Waals surface area contributed by atoms with E-state index in [2.05, 4.69) is 29.7 Å². The number of fused-ring (bicyclic) bond motifs is 1. The van der Waals surface area contributed by atoms with E-state index in [1.807, 2.05) is 48.5 Å². The fourth-order valence-corrected chi connectivity index (χ4v) is 3.00. The molecule has 5 nitrogen and oxygen atoms in total. The Morgan fingerprint density at radius 3 is 2.62 bits per heavy atom. The van der Waals surface area contributed by atoms with E-state index in [-0.39, 0.29) is 12.5 Å². The predicted octanol–water partition coefficient (Wildman–Crippen LogP) is 3.94. The molecule has 24 heavy (non-hydrogen) atoms. The number of amides is 1. The summed E-state index contributed by atoms with van der Waals surface area (Å²) < 4.78 is 6.55. The quantitative estimate of drug-likeness (QED) is 0.667. The standard InChI is InChI=1S/C18H19N3O2S/c1-12(2)13-7-9-14(10-8-13)23-11-17(22)20-21-18-19-15-5-3-4-6-16(15)24-18/h3-10,12H,11H2,1-2H3,(H,19,21)(H,20,22). The summed E-state index contributed by atoms with van der Waals surface area (Å²) in [5, 5.41) is 0.644. The van der Waals surface area contributed by atoms with Crippen LogP contribution in [0.5, 0.6) is 5.75 Å². The Bertz CT molecular complexity index is 795. The average Bonchev–Trinajstić information content (AvgIpc) is 3.01. The summed E-state index contributed by atoms with van der Waals surface area (Å²) in [4.78, 5) is 16.2. The number of ether oxygens (including phenoxy) is 1. The summed E-state index contributed by atoms with van der Waals surface area (Å²) in [5.74, 6) is 0.886. The normalized spacial score (nSPS) is 10.8. The van der Waals surface area contributed by atoms with Crippen molar-refractivity contribution in [2.75, 3.05) is 12.0 Å². The lowest BCUT2D eigenvalue weighted by Gasteiger charge is -2.09. The van der Waals surface area contributed by atoms with Crippen LogP contribution in [-0.2, 0) is 4.79 Å². The van der Waals surface area contributed by atoms with Gasteiger partial charge in [0.2, 0.25) is 5.13 Å². The number of nitrogens with zero attached hydrogens (tertiary/aromatic N) is 1. The number of hydrogen-bond donors (Lipinski definition) is 2. The molecule has 0 aliphatic rings. The van der Waals surface area contributed by atoms with Gasteiger partial charge in [-0.2, -0.15) is 0 Å². The summed E-state index contributed by atoms with van der Waals surface area (Å²) in [6, 6.07) is 15.6. The second-order valence-corrected chi connectivity index (χ2v) is 6.70. The van der Waals surface area contributed by atoms with Crippen molar-refractivity contribution in [3.8, 4) is 5.75 Å². The van der Waals surface area contributed by atoms with Crippen LogP contribution in [0.2, 0.25) is 0 Å². The molecule has 6 heteroatoms. The van der Waals surface area contributed by atoms with E-state index in [0.29, 0.717) is 16.8 Å². The Balaban J connectivity index is 1.48. The molecule has 2 N–H and O–H groups in total. The fraction of sp³-hybridized carbons (Fsp3) is 0.222. The number of hydrogen-bond acceptors (Lipinski definition) is 5. The molecule has 1 amide bonds. The van der Waals surface area contributed by atoms with Gasteiger partial charge >= 0.3 is 0 Å². The maximum absolute atomic E-state index is 11.9. The first-order chi connectivity index (χ1) is 11.6. The SMILES string of the molecule is CC(C)c1ccc(OCC(=O)NNc2nc3ccccc3s2)cc1. The zero-order valence-electron chi connectivity index (χ0n) is 13.6. The molecule has 0 bridgehead atoms. The number of carbonyl (C=O) groups excluding carboxylic acids is 1. The van der Waals surface area contributed by atoms with Crippen molar-refractivity contribution in [2.24, 2.45) is 0 Å². The van der Waals surface area contributed by atoms with Crippen molar-refractivity contribution in [1.82, 2.24) is 10.4 Å². The van der Waals surface area contributed by atoms with E-state index in [1.54, 1.807) is 0 Å². The fourth-order valence-electron chi connectivity index (χ4n) is 2.18. The minimum absolute atomic E-state index is 0.0566. The number of anilines is 1. The summed E-state index contributed by atoms with van der Waals surface area (Å²) in [6.07, 6.45) is 0. The number of aromatic nitrogens is 1. The Hall–Kier alpha value is -2.60. The maximum Gasteiger partial charge on any atom is 0.276 e. The molecular weight excluding hydrogens is 322 g/mol. The third-order valence-corrected chi connectivity index (χ3v) is 4.47. The number of rotatable bonds is 6. The summed E-state index contributed by atoms with van der Waals surface area (Å²) in [5.41, 5.74) is 7.56. The highest BCUT2D eigenvalue weighted by Gasteiger charge is 2.06. The van der Waals surface area contributed by atoms with E-state index in [0.717, 1.165) is 10.2 Å². The van der Waals surface area contributed by atoms with Gasteiger partial charge in [0.25, 0.3) is 5.91 Å². The minimum Gasteiger partial charge on any atom is -0.484 e. The zero-order valence-corrected chi connectivity index (χ0v) is 14.4. The van der Waals surface area contributed by atoms with Gasteiger partial charge in [0.15, 0.2) is 6.61 Å². The van der Waals surface area contributed by atoms with Crippen LogP contribution in [-0.4, -0.2) is 17.5 Å². The monoisotopic (exact) mass is 341 g/mol. The number of benzene rings is 2. The topological polar surface area (TPSA) is 63.2 Å². The number of hydrazine groups is 1. The van der Waals surface area contributed by atoms with Gasteiger partial charge in [-0.1, -0.05) is 49.4 Å². The molecule has 0 aliphatic heterocycles. The molecule has 0 atom stereocenters. The Labute approximate surface area is 144 Å². The molecule has 1 aromatic heterocycles. The first-order valence-electron chi connectivity index (χ1n) is 7.75. The zero-order chi connectivity index (χ0) is 16.9. The van der Waals surface area contributed by atoms with Gasteiger partial charge in [-0.25, -0.2) is 4.98 Å². The van der Waals surface area contributed by atoms with Crippen LogP contribution in [0.4, 0.5) is 5.13 Å². The van der Waals surface area contributed by atoms with Crippen LogP contribution in [0.25, 0.3) is 10.2 Å². The minimum atomic E-state index is -0.262. The van der Waals surface area contributed by atoms with Gasteiger partial charge < -0.3 is 4.74 Å². The number of carbonyl (C=O) groups is 1. The van der Waals surface area contributed by atoms with Gasteiger partial charge in [-0.05, 0) is 35.7 Å². The smallest absolute Gasteiger partial charge is 0.276 e. The van der Waals surface area contributed by atoms with Gasteiger partial charge in [-0.15, -0.1) is 0 Å². The number of thiazole rings is 1. The van der Waals surface area contributed by atoms with Crippen LogP contribution in [0, 0.1) is 0 Å². The van der Waals surface area contributed by atoms with Gasteiger partial charge in [0.05, 0.1) is 10.2 Å². The number of nitrogens with one attached hydrogen (secondary N) is 2. The lowest BCUT2D eigenvalue weighted by molar-refractivity contribution is -0.122. The molecule has 0 saturated heterocycles. The highest BCUT2D eigenvalue weighted by atomic mass is 32.1. The van der Waals surface area contributed by atoms with E-state index >= 15 is 0 Å². The molecule has 0 unspecified atom stereocenters. The number of para-hydroxylation sites is 1. The van der Waals surface area contributed by atoms with Crippen LogP contribution in [0.1, 0.15) is 25.3 Å². The van der Waals surface area contributed by atoms with Crippen LogP contribution < -0.4 is 15.6 Å². The Morgan fingerprint density at radius 2 is 1.92 bits per heavy atom. The summed E-state index contributed by atoms with van der Waals surface area (Å²) in [6.45, 7) is 4.22. The van der Waals surface area contributed by atoms with Gasteiger partial charge in [-0.3, -0.25) is 15.6 Å². The van der Waals surface area contributed by atoms with E-state index in [4.69, 9.17) is 4.74 Å². The second kappa shape index (κ2) is 7.31. The molecule has 0 saturated carbocycles. The lowest BCUT2D eigenvalue weighted by atomic mass is 10.0. The third-order valence-electron chi connectivity index (χ3n) is 3.52. The van der Waals surface area contributed by atoms with Gasteiger partial charge in [0.1, 0.15) is 5.75 Å². The second-order valence-electron chi connectivity index (χ2n) is 5.67. The van der Waals surface area contributed by atoms with Crippen molar-refractivity contribution < 1.29 is 9.53 Å². The molecule has 0 radical (unpaired) electrons. The predicted molar refractivity (Wildman–Crippen MR) is 97.4 cm³/mol. The molecule has 2 aromatic carbocycles. The summed E-state index contributed by atoms with van der Waals surface area (Å²) >= 11 is 1.48. The molecule has 0 fully saturated rings. The Morgan fingerprint density at radius 1 is 1.17 bits per heavy atom.